The Morgan fingerprint density at radius 1 is 0.935 bits per heavy atom. The van der Waals surface area contributed by atoms with Gasteiger partial charge in [-0.1, -0.05) is 30.3 Å². The summed E-state index contributed by atoms with van der Waals surface area (Å²) < 4.78 is 52.0. The van der Waals surface area contributed by atoms with Crippen LogP contribution in [0.25, 0.3) is 0 Å². The van der Waals surface area contributed by atoms with Crippen molar-refractivity contribution in [3.63, 3.8) is 0 Å². The van der Waals surface area contributed by atoms with Crippen LogP contribution in [0.15, 0.2) is 48.5 Å². The molecular formula is C21H21F4N3O3. The Balaban J connectivity index is 2.15. The zero-order valence-electron chi connectivity index (χ0n) is 16.5. The fraction of sp³-hybridized carbons (Fsp3) is 0.286. The van der Waals surface area contributed by atoms with E-state index in [4.69, 9.17) is 5.73 Å². The van der Waals surface area contributed by atoms with E-state index in [1.165, 1.54) is 37.3 Å². The highest BCUT2D eigenvalue weighted by molar-refractivity contribution is 5.91. The lowest BCUT2D eigenvalue weighted by molar-refractivity contribution is -0.137. The number of hydrogen-bond acceptors (Lipinski definition) is 3. The molecule has 0 aromatic heterocycles. The van der Waals surface area contributed by atoms with E-state index in [9.17, 15) is 31.9 Å². The lowest BCUT2D eigenvalue weighted by atomic mass is 10.0. The molecule has 2 aromatic rings. The third kappa shape index (κ3) is 7.09. The Morgan fingerprint density at radius 2 is 1.55 bits per heavy atom. The number of alkyl halides is 3. The summed E-state index contributed by atoms with van der Waals surface area (Å²) in [6.07, 6.45) is -4.84. The van der Waals surface area contributed by atoms with Crippen LogP contribution in [0.4, 0.5) is 17.6 Å². The summed E-state index contributed by atoms with van der Waals surface area (Å²) in [7, 11) is 0. The molecule has 0 saturated carbocycles. The minimum Gasteiger partial charge on any atom is -0.368 e. The van der Waals surface area contributed by atoms with E-state index in [-0.39, 0.29) is 18.4 Å². The average Bonchev–Trinajstić information content (AvgIpc) is 2.67. The van der Waals surface area contributed by atoms with E-state index in [2.05, 4.69) is 10.6 Å². The maximum atomic E-state index is 13.9. The van der Waals surface area contributed by atoms with E-state index in [1.807, 2.05) is 0 Å². The molecule has 31 heavy (non-hydrogen) atoms. The van der Waals surface area contributed by atoms with Gasteiger partial charge >= 0.3 is 6.18 Å². The van der Waals surface area contributed by atoms with Gasteiger partial charge in [0.05, 0.1) is 5.56 Å². The number of amides is 3. The lowest BCUT2D eigenvalue weighted by Crippen LogP contribution is -2.54. The topological polar surface area (TPSA) is 101 Å². The van der Waals surface area contributed by atoms with E-state index >= 15 is 0 Å². The Morgan fingerprint density at radius 3 is 2.06 bits per heavy atom. The lowest BCUT2D eigenvalue weighted by Gasteiger charge is -2.22. The summed E-state index contributed by atoms with van der Waals surface area (Å²) in [6.45, 7) is 1.18. The molecule has 0 unspecified atom stereocenters. The Bertz CT molecular complexity index is 946. The second-order valence-electron chi connectivity index (χ2n) is 6.91. The quantitative estimate of drug-likeness (QED) is 0.549. The van der Waals surface area contributed by atoms with Gasteiger partial charge in [-0.15, -0.1) is 0 Å². The predicted octanol–water partition coefficient (Wildman–Crippen LogP) is 2.10. The maximum Gasteiger partial charge on any atom is 0.416 e. The number of nitrogens with two attached hydrogens (primary N) is 1. The first-order valence-corrected chi connectivity index (χ1v) is 9.23. The first-order valence-electron chi connectivity index (χ1n) is 9.23. The molecule has 166 valence electrons. The normalized spacial score (nSPS) is 13.2. The van der Waals surface area contributed by atoms with Gasteiger partial charge in [-0.05, 0) is 29.3 Å². The Labute approximate surface area is 175 Å². The SMILES string of the molecule is CC(=O)N[C@H](Cc1ccccc1F)C(=O)N[C@@H](Cc1ccc(C(F)(F)F)cc1)C(N)=O. The molecule has 0 heterocycles. The third-order valence-electron chi connectivity index (χ3n) is 4.46. The van der Waals surface area contributed by atoms with Gasteiger partial charge < -0.3 is 16.4 Å². The molecule has 0 aliphatic rings. The number of carbonyl (C=O) groups excluding carboxylic acids is 3. The average molecular weight is 439 g/mol. The second kappa shape index (κ2) is 10.1. The van der Waals surface area contributed by atoms with Crippen molar-refractivity contribution in [1.29, 1.82) is 0 Å². The summed E-state index contributed by atoms with van der Waals surface area (Å²) in [4.78, 5) is 36.0. The second-order valence-corrected chi connectivity index (χ2v) is 6.91. The summed E-state index contributed by atoms with van der Waals surface area (Å²) >= 11 is 0. The molecule has 2 rings (SSSR count). The van der Waals surface area contributed by atoms with Gasteiger partial charge in [0.25, 0.3) is 0 Å². The van der Waals surface area contributed by atoms with Crippen molar-refractivity contribution in [2.45, 2.75) is 38.0 Å². The Kier molecular flexibility index (Phi) is 7.73. The molecule has 2 aromatic carbocycles. The number of rotatable bonds is 8. The minimum absolute atomic E-state index is 0.161. The van der Waals surface area contributed by atoms with Crippen LogP contribution >= 0.6 is 0 Å². The highest BCUT2D eigenvalue weighted by atomic mass is 19.4. The van der Waals surface area contributed by atoms with E-state index in [0.717, 1.165) is 12.1 Å². The molecule has 0 radical (unpaired) electrons. The minimum atomic E-state index is -4.51. The number of benzene rings is 2. The molecule has 2 atom stereocenters. The monoisotopic (exact) mass is 439 g/mol. The van der Waals surface area contributed by atoms with Gasteiger partial charge in [0.2, 0.25) is 17.7 Å². The standard InChI is InChI=1S/C21H21F4N3O3/c1-12(29)27-18(11-14-4-2-3-5-16(14)22)20(31)28-17(19(26)30)10-13-6-8-15(9-7-13)21(23,24)25/h2-9,17-18H,10-11H2,1H3,(H2,26,30)(H,27,29)(H,28,31)/t17-,18+/m0/s1. The van der Waals surface area contributed by atoms with Gasteiger partial charge in [-0.3, -0.25) is 14.4 Å². The number of carbonyl (C=O) groups is 3. The van der Waals surface area contributed by atoms with Crippen molar-refractivity contribution in [3.8, 4) is 0 Å². The first-order chi connectivity index (χ1) is 14.5. The molecule has 0 bridgehead atoms. The largest absolute Gasteiger partial charge is 0.416 e. The van der Waals surface area contributed by atoms with Crippen molar-refractivity contribution in [3.05, 3.63) is 71.0 Å². The van der Waals surface area contributed by atoms with Crippen LogP contribution in [0.3, 0.4) is 0 Å². The van der Waals surface area contributed by atoms with Crippen LogP contribution in [-0.4, -0.2) is 29.8 Å². The molecule has 3 amide bonds. The molecule has 0 spiro atoms. The van der Waals surface area contributed by atoms with Crippen molar-refractivity contribution in [2.24, 2.45) is 5.73 Å². The number of hydrogen-bond donors (Lipinski definition) is 3. The fourth-order valence-electron chi connectivity index (χ4n) is 2.90. The zero-order valence-corrected chi connectivity index (χ0v) is 16.5. The summed E-state index contributed by atoms with van der Waals surface area (Å²) in [5, 5.41) is 4.77. The van der Waals surface area contributed by atoms with Crippen LogP contribution in [0.2, 0.25) is 0 Å². The first kappa shape index (κ1) is 23.8. The molecule has 10 heteroatoms. The molecule has 0 aliphatic carbocycles. The molecule has 6 nitrogen and oxygen atoms in total. The van der Waals surface area contributed by atoms with Crippen LogP contribution in [0.1, 0.15) is 23.6 Å². The highest BCUT2D eigenvalue weighted by Crippen LogP contribution is 2.29. The smallest absolute Gasteiger partial charge is 0.368 e. The van der Waals surface area contributed by atoms with Gasteiger partial charge in [0.15, 0.2) is 0 Å². The molecule has 0 aliphatic heterocycles. The summed E-state index contributed by atoms with van der Waals surface area (Å²) in [5.74, 6) is -2.81. The summed E-state index contributed by atoms with van der Waals surface area (Å²) in [6, 6.07) is 7.31. The zero-order chi connectivity index (χ0) is 23.2. The van der Waals surface area contributed by atoms with Crippen molar-refractivity contribution in [2.75, 3.05) is 0 Å². The summed E-state index contributed by atoms with van der Waals surface area (Å²) in [5.41, 5.74) is 4.99. The van der Waals surface area contributed by atoms with E-state index in [1.54, 1.807) is 6.07 Å². The van der Waals surface area contributed by atoms with Crippen LogP contribution in [0, 0.1) is 5.82 Å². The maximum absolute atomic E-state index is 13.9. The van der Waals surface area contributed by atoms with Crippen LogP contribution in [0.5, 0.6) is 0 Å². The molecule has 0 fully saturated rings. The highest BCUT2D eigenvalue weighted by Gasteiger charge is 2.30. The number of halogens is 4. The van der Waals surface area contributed by atoms with Crippen molar-refractivity contribution < 1.29 is 31.9 Å². The predicted molar refractivity (Wildman–Crippen MR) is 104 cm³/mol. The Hall–Kier alpha value is -3.43. The number of primary amides is 1. The molecule has 0 saturated heterocycles. The van der Waals surface area contributed by atoms with Gasteiger partial charge in [-0.25, -0.2) is 4.39 Å². The fourth-order valence-corrected chi connectivity index (χ4v) is 2.90. The number of nitrogens with one attached hydrogen (secondary N) is 2. The van der Waals surface area contributed by atoms with Crippen LogP contribution < -0.4 is 16.4 Å². The third-order valence-corrected chi connectivity index (χ3v) is 4.46. The van der Waals surface area contributed by atoms with Crippen molar-refractivity contribution in [1.82, 2.24) is 10.6 Å². The molecular weight excluding hydrogens is 418 g/mol. The van der Waals surface area contributed by atoms with Crippen molar-refractivity contribution >= 4 is 17.7 Å². The van der Waals surface area contributed by atoms with Crippen LogP contribution in [-0.2, 0) is 33.4 Å². The van der Waals surface area contributed by atoms with Gasteiger partial charge in [0.1, 0.15) is 17.9 Å². The van der Waals surface area contributed by atoms with E-state index in [0.29, 0.717) is 5.56 Å². The van der Waals surface area contributed by atoms with E-state index < -0.39 is 47.4 Å². The molecule has 4 N–H and O–H groups in total. The van der Waals surface area contributed by atoms with Gasteiger partial charge in [-0.2, -0.15) is 13.2 Å². The van der Waals surface area contributed by atoms with Gasteiger partial charge in [0, 0.05) is 19.8 Å².